The number of nitrogens with zero attached hydrogens (tertiary/aromatic N) is 3. The van der Waals surface area contributed by atoms with Crippen molar-refractivity contribution in [3.8, 4) is 17.6 Å². The summed E-state index contributed by atoms with van der Waals surface area (Å²) in [6.45, 7) is 3.15. The second kappa shape index (κ2) is 10.3. The van der Waals surface area contributed by atoms with Gasteiger partial charge < -0.3 is 14.4 Å². The van der Waals surface area contributed by atoms with Gasteiger partial charge in [-0.1, -0.05) is 30.3 Å². The van der Waals surface area contributed by atoms with E-state index in [0.29, 0.717) is 36.8 Å². The van der Waals surface area contributed by atoms with Gasteiger partial charge in [0.05, 0.1) is 24.0 Å². The molecular weight excluding hydrogens is 418 g/mol. The summed E-state index contributed by atoms with van der Waals surface area (Å²) < 4.78 is 37.8. The van der Waals surface area contributed by atoms with Gasteiger partial charge in [-0.3, -0.25) is 4.79 Å². The Kier molecular flexibility index (Phi) is 7.50. The molecule has 0 bridgehead atoms. The fourth-order valence-electron chi connectivity index (χ4n) is 3.29. The molecule has 0 aromatic heterocycles. The average molecular weight is 444 g/mol. The minimum atomic E-state index is -3.44. The van der Waals surface area contributed by atoms with E-state index in [9.17, 15) is 13.2 Å². The normalized spacial score (nSPS) is 14.6. The van der Waals surface area contributed by atoms with Gasteiger partial charge in [-0.2, -0.15) is 9.57 Å². The van der Waals surface area contributed by atoms with Crippen molar-refractivity contribution < 1.29 is 22.7 Å². The largest absolute Gasteiger partial charge is 0.490 e. The van der Waals surface area contributed by atoms with E-state index in [1.807, 2.05) is 31.2 Å². The van der Waals surface area contributed by atoms with E-state index in [1.54, 1.807) is 35.2 Å². The lowest BCUT2D eigenvalue weighted by molar-refractivity contribution is -0.134. The van der Waals surface area contributed by atoms with Crippen LogP contribution in [-0.2, 0) is 20.6 Å². The van der Waals surface area contributed by atoms with Gasteiger partial charge in [0.15, 0.2) is 18.1 Å². The van der Waals surface area contributed by atoms with Gasteiger partial charge in [-0.05, 0) is 24.6 Å². The smallest absolute Gasteiger partial charge is 0.260 e. The first-order valence-corrected chi connectivity index (χ1v) is 11.6. The molecule has 1 amide bonds. The minimum Gasteiger partial charge on any atom is -0.490 e. The number of hydrogen-bond acceptors (Lipinski definition) is 6. The van der Waals surface area contributed by atoms with Crippen LogP contribution in [0.3, 0.4) is 0 Å². The summed E-state index contributed by atoms with van der Waals surface area (Å²) in [6.07, 6.45) is 0. The summed E-state index contributed by atoms with van der Waals surface area (Å²) in [7, 11) is -3.44. The number of sulfonamides is 1. The average Bonchev–Trinajstić information content (AvgIpc) is 2.78. The first-order valence-electron chi connectivity index (χ1n) is 10.0. The Morgan fingerprint density at radius 2 is 1.74 bits per heavy atom. The van der Waals surface area contributed by atoms with Crippen molar-refractivity contribution in [3.63, 3.8) is 0 Å². The highest BCUT2D eigenvalue weighted by Gasteiger charge is 2.29. The predicted octanol–water partition coefficient (Wildman–Crippen LogP) is 2.01. The van der Waals surface area contributed by atoms with Crippen LogP contribution in [0.1, 0.15) is 18.1 Å². The zero-order valence-corrected chi connectivity index (χ0v) is 18.2. The van der Waals surface area contributed by atoms with Crippen LogP contribution >= 0.6 is 0 Å². The molecule has 1 aliphatic heterocycles. The molecule has 0 radical (unpaired) electrons. The number of hydrogen-bond donors (Lipinski definition) is 0. The third kappa shape index (κ3) is 5.96. The number of carbonyl (C=O) groups is 1. The van der Waals surface area contributed by atoms with Crippen molar-refractivity contribution in [1.29, 1.82) is 5.26 Å². The highest BCUT2D eigenvalue weighted by atomic mass is 32.2. The standard InChI is InChI=1S/C22H25N3O5S/c1-2-29-21-14-19(15-23)8-9-20(21)30-16-22(26)24-10-12-25(13-11-24)31(27,28)17-18-6-4-3-5-7-18/h3-9,14H,2,10-13,16-17H2,1H3. The van der Waals surface area contributed by atoms with Crippen molar-refractivity contribution in [2.24, 2.45) is 0 Å². The second-order valence-corrected chi connectivity index (χ2v) is 8.99. The maximum atomic E-state index is 12.7. The topological polar surface area (TPSA) is 99.9 Å². The maximum absolute atomic E-state index is 12.7. The number of benzene rings is 2. The van der Waals surface area contributed by atoms with E-state index in [2.05, 4.69) is 0 Å². The summed E-state index contributed by atoms with van der Waals surface area (Å²) in [5.74, 6) is 0.514. The molecule has 2 aromatic carbocycles. The SMILES string of the molecule is CCOc1cc(C#N)ccc1OCC(=O)N1CCN(S(=O)(=O)Cc2ccccc2)CC1. The summed E-state index contributed by atoms with van der Waals surface area (Å²) >= 11 is 0. The highest BCUT2D eigenvalue weighted by Crippen LogP contribution is 2.28. The Bertz CT molecular complexity index is 1040. The number of carbonyl (C=O) groups excluding carboxylic acids is 1. The molecule has 1 heterocycles. The summed E-state index contributed by atoms with van der Waals surface area (Å²) in [5.41, 5.74) is 1.18. The molecule has 164 valence electrons. The zero-order chi connectivity index (χ0) is 22.3. The molecule has 1 fully saturated rings. The molecule has 0 unspecified atom stereocenters. The van der Waals surface area contributed by atoms with E-state index >= 15 is 0 Å². The van der Waals surface area contributed by atoms with Crippen LogP contribution in [0.25, 0.3) is 0 Å². The second-order valence-electron chi connectivity index (χ2n) is 7.02. The summed E-state index contributed by atoms with van der Waals surface area (Å²) in [4.78, 5) is 14.1. The van der Waals surface area contributed by atoms with Crippen molar-refractivity contribution >= 4 is 15.9 Å². The van der Waals surface area contributed by atoms with Crippen LogP contribution in [0.4, 0.5) is 0 Å². The Hall–Kier alpha value is -3.09. The van der Waals surface area contributed by atoms with E-state index in [0.717, 1.165) is 5.56 Å². The molecule has 1 aliphatic rings. The third-order valence-electron chi connectivity index (χ3n) is 4.90. The quantitative estimate of drug-likeness (QED) is 0.619. The minimum absolute atomic E-state index is 0.0518. The van der Waals surface area contributed by atoms with Crippen LogP contribution < -0.4 is 9.47 Å². The fourth-order valence-corrected chi connectivity index (χ4v) is 4.80. The molecule has 8 nitrogen and oxygen atoms in total. The van der Waals surface area contributed by atoms with Crippen LogP contribution in [-0.4, -0.2) is 62.9 Å². The molecule has 3 rings (SSSR count). The lowest BCUT2D eigenvalue weighted by atomic mass is 10.2. The van der Waals surface area contributed by atoms with E-state index < -0.39 is 10.0 Å². The molecule has 9 heteroatoms. The Morgan fingerprint density at radius 3 is 2.39 bits per heavy atom. The molecule has 0 N–H and O–H groups in total. The van der Waals surface area contributed by atoms with E-state index in [1.165, 1.54) is 4.31 Å². The van der Waals surface area contributed by atoms with Crippen LogP contribution in [0.2, 0.25) is 0 Å². The molecule has 1 saturated heterocycles. The summed E-state index contributed by atoms with van der Waals surface area (Å²) in [5, 5.41) is 9.02. The van der Waals surface area contributed by atoms with Gasteiger partial charge in [0.1, 0.15) is 0 Å². The zero-order valence-electron chi connectivity index (χ0n) is 17.4. The van der Waals surface area contributed by atoms with Gasteiger partial charge in [-0.25, -0.2) is 8.42 Å². The van der Waals surface area contributed by atoms with Gasteiger partial charge in [0.25, 0.3) is 5.91 Å². The first-order chi connectivity index (χ1) is 14.9. The molecular formula is C22H25N3O5S. The molecule has 0 saturated carbocycles. The van der Waals surface area contributed by atoms with Crippen LogP contribution in [0, 0.1) is 11.3 Å². The van der Waals surface area contributed by atoms with E-state index in [4.69, 9.17) is 14.7 Å². The highest BCUT2D eigenvalue weighted by molar-refractivity contribution is 7.88. The number of ether oxygens (including phenoxy) is 2. The van der Waals surface area contributed by atoms with Crippen molar-refractivity contribution in [2.45, 2.75) is 12.7 Å². The number of piperazine rings is 1. The van der Waals surface area contributed by atoms with Gasteiger partial charge in [0, 0.05) is 32.2 Å². The first kappa shape index (κ1) is 22.6. The maximum Gasteiger partial charge on any atom is 0.260 e. The Balaban J connectivity index is 1.53. The third-order valence-corrected chi connectivity index (χ3v) is 6.75. The molecule has 0 aliphatic carbocycles. The lowest BCUT2D eigenvalue weighted by Crippen LogP contribution is -2.51. The van der Waals surface area contributed by atoms with Crippen molar-refractivity contribution in [1.82, 2.24) is 9.21 Å². The monoisotopic (exact) mass is 443 g/mol. The Morgan fingerprint density at radius 1 is 1.03 bits per heavy atom. The van der Waals surface area contributed by atoms with Crippen molar-refractivity contribution in [2.75, 3.05) is 39.4 Å². The summed E-state index contributed by atoms with van der Waals surface area (Å²) in [6, 6.07) is 15.8. The van der Waals surface area contributed by atoms with Crippen molar-refractivity contribution in [3.05, 3.63) is 59.7 Å². The molecule has 0 spiro atoms. The molecule has 2 aromatic rings. The molecule has 0 atom stereocenters. The predicted molar refractivity (Wildman–Crippen MR) is 115 cm³/mol. The van der Waals surface area contributed by atoms with Gasteiger partial charge in [-0.15, -0.1) is 0 Å². The van der Waals surface area contributed by atoms with Crippen LogP contribution in [0.15, 0.2) is 48.5 Å². The van der Waals surface area contributed by atoms with Crippen LogP contribution in [0.5, 0.6) is 11.5 Å². The lowest BCUT2D eigenvalue weighted by Gasteiger charge is -2.34. The van der Waals surface area contributed by atoms with Gasteiger partial charge in [0.2, 0.25) is 10.0 Å². The molecule has 31 heavy (non-hydrogen) atoms. The fraction of sp³-hybridized carbons (Fsp3) is 0.364. The Labute approximate surface area is 182 Å². The van der Waals surface area contributed by atoms with E-state index in [-0.39, 0.29) is 31.4 Å². The number of nitriles is 1. The number of amides is 1. The number of rotatable bonds is 8. The van der Waals surface area contributed by atoms with Gasteiger partial charge >= 0.3 is 0 Å².